The first-order valence-electron chi connectivity index (χ1n) is 7.19. The highest BCUT2D eigenvalue weighted by Gasteiger charge is 2.14. The lowest BCUT2D eigenvalue weighted by molar-refractivity contribution is 0.505. The molecule has 3 heterocycles. The molecule has 0 unspecified atom stereocenters. The summed E-state index contributed by atoms with van der Waals surface area (Å²) in [7, 11) is 0. The summed E-state index contributed by atoms with van der Waals surface area (Å²) in [6.45, 7) is 3.80. The summed E-state index contributed by atoms with van der Waals surface area (Å²) in [5, 5.41) is 4.42. The third kappa shape index (κ3) is 2.94. The molecule has 0 saturated carbocycles. The Morgan fingerprint density at radius 2 is 2.00 bits per heavy atom. The minimum absolute atomic E-state index is 0.0426. The van der Waals surface area contributed by atoms with E-state index in [0.29, 0.717) is 17.0 Å². The number of rotatable bonds is 3. The minimum atomic E-state index is -0.150. The standard InChI is InChI=1S/C16H16N6O/c1-10(2)22-14(23)6-5-13(21-22)12-9-19-16(17)20-15(12)11-4-3-7-18-8-11/h3-10H,1-2H3,(H2,17,19,20). The van der Waals surface area contributed by atoms with Crippen molar-refractivity contribution in [2.45, 2.75) is 19.9 Å². The van der Waals surface area contributed by atoms with E-state index in [0.717, 1.165) is 5.56 Å². The predicted molar refractivity (Wildman–Crippen MR) is 87.6 cm³/mol. The van der Waals surface area contributed by atoms with Crippen LogP contribution in [0.4, 0.5) is 5.95 Å². The maximum Gasteiger partial charge on any atom is 0.267 e. The normalized spacial score (nSPS) is 10.9. The lowest BCUT2D eigenvalue weighted by Crippen LogP contribution is -2.24. The van der Waals surface area contributed by atoms with E-state index in [4.69, 9.17) is 5.73 Å². The van der Waals surface area contributed by atoms with Crippen LogP contribution in [0.5, 0.6) is 0 Å². The van der Waals surface area contributed by atoms with Crippen molar-refractivity contribution in [2.24, 2.45) is 0 Å². The fourth-order valence-electron chi connectivity index (χ4n) is 2.24. The van der Waals surface area contributed by atoms with Crippen molar-refractivity contribution in [3.8, 4) is 22.5 Å². The molecule has 0 atom stereocenters. The van der Waals surface area contributed by atoms with Crippen LogP contribution in [0.2, 0.25) is 0 Å². The minimum Gasteiger partial charge on any atom is -0.368 e. The summed E-state index contributed by atoms with van der Waals surface area (Å²) in [4.78, 5) is 24.4. The molecule has 2 N–H and O–H groups in total. The Balaban J connectivity index is 2.22. The van der Waals surface area contributed by atoms with E-state index < -0.39 is 0 Å². The van der Waals surface area contributed by atoms with Gasteiger partial charge in [0.25, 0.3) is 5.56 Å². The molecule has 3 aromatic rings. The monoisotopic (exact) mass is 308 g/mol. The van der Waals surface area contributed by atoms with Crippen molar-refractivity contribution in [3.05, 3.63) is 53.2 Å². The lowest BCUT2D eigenvalue weighted by Gasteiger charge is -2.12. The SMILES string of the molecule is CC(C)n1nc(-c2cnc(N)nc2-c2cccnc2)ccc1=O. The van der Waals surface area contributed by atoms with Crippen LogP contribution in [0.1, 0.15) is 19.9 Å². The molecule has 0 aliphatic heterocycles. The molecule has 0 amide bonds. The van der Waals surface area contributed by atoms with E-state index in [-0.39, 0.29) is 17.5 Å². The number of nitrogens with two attached hydrogens (primary N) is 1. The first kappa shape index (κ1) is 14.8. The molecule has 7 nitrogen and oxygen atoms in total. The molecule has 0 aromatic carbocycles. The fourth-order valence-corrected chi connectivity index (χ4v) is 2.24. The van der Waals surface area contributed by atoms with Gasteiger partial charge in [0.15, 0.2) is 0 Å². The van der Waals surface area contributed by atoms with Crippen LogP contribution >= 0.6 is 0 Å². The van der Waals surface area contributed by atoms with Crippen molar-refractivity contribution in [2.75, 3.05) is 5.73 Å². The Kier molecular flexibility index (Phi) is 3.84. The third-order valence-electron chi connectivity index (χ3n) is 3.33. The summed E-state index contributed by atoms with van der Waals surface area (Å²) in [6.07, 6.45) is 5.00. The maximum atomic E-state index is 11.9. The first-order chi connectivity index (χ1) is 11.1. The van der Waals surface area contributed by atoms with Crippen LogP contribution in [-0.2, 0) is 0 Å². The van der Waals surface area contributed by atoms with Gasteiger partial charge in [-0.05, 0) is 32.0 Å². The Hall–Kier alpha value is -3.09. The van der Waals surface area contributed by atoms with Gasteiger partial charge in [-0.15, -0.1) is 0 Å². The fraction of sp³-hybridized carbons (Fsp3) is 0.188. The van der Waals surface area contributed by atoms with Gasteiger partial charge in [-0.1, -0.05) is 0 Å². The van der Waals surface area contributed by atoms with E-state index in [2.05, 4.69) is 20.1 Å². The van der Waals surface area contributed by atoms with Crippen LogP contribution in [-0.4, -0.2) is 24.7 Å². The molecular weight excluding hydrogens is 292 g/mol. The Labute approximate surface area is 132 Å². The average Bonchev–Trinajstić information content (AvgIpc) is 2.56. The van der Waals surface area contributed by atoms with E-state index in [1.54, 1.807) is 24.7 Å². The summed E-state index contributed by atoms with van der Waals surface area (Å²) >= 11 is 0. The van der Waals surface area contributed by atoms with Crippen LogP contribution < -0.4 is 11.3 Å². The van der Waals surface area contributed by atoms with Crippen molar-refractivity contribution in [1.82, 2.24) is 24.7 Å². The van der Waals surface area contributed by atoms with Crippen LogP contribution in [0.25, 0.3) is 22.5 Å². The number of aromatic nitrogens is 5. The van der Waals surface area contributed by atoms with Gasteiger partial charge < -0.3 is 5.73 Å². The van der Waals surface area contributed by atoms with E-state index in [9.17, 15) is 4.79 Å². The quantitative estimate of drug-likeness (QED) is 0.793. The van der Waals surface area contributed by atoms with E-state index in [1.165, 1.54) is 10.7 Å². The van der Waals surface area contributed by atoms with Crippen molar-refractivity contribution in [3.63, 3.8) is 0 Å². The second-order valence-corrected chi connectivity index (χ2v) is 5.33. The van der Waals surface area contributed by atoms with Crippen molar-refractivity contribution in [1.29, 1.82) is 0 Å². The molecule has 0 bridgehead atoms. The number of hydrogen-bond acceptors (Lipinski definition) is 6. The van der Waals surface area contributed by atoms with Gasteiger partial charge in [-0.3, -0.25) is 9.78 Å². The molecule has 3 rings (SSSR count). The molecule has 3 aromatic heterocycles. The van der Waals surface area contributed by atoms with Crippen molar-refractivity contribution < 1.29 is 0 Å². The molecule has 0 aliphatic carbocycles. The maximum absolute atomic E-state index is 11.9. The highest BCUT2D eigenvalue weighted by molar-refractivity contribution is 5.78. The predicted octanol–water partition coefficient (Wildman–Crippen LogP) is 1.93. The van der Waals surface area contributed by atoms with Gasteiger partial charge in [0.1, 0.15) is 0 Å². The van der Waals surface area contributed by atoms with Crippen LogP contribution in [0, 0.1) is 0 Å². The summed E-state index contributed by atoms with van der Waals surface area (Å²) in [5.74, 6) is 0.171. The summed E-state index contributed by atoms with van der Waals surface area (Å²) < 4.78 is 1.43. The first-order valence-corrected chi connectivity index (χ1v) is 7.19. The van der Waals surface area contributed by atoms with Crippen LogP contribution in [0.3, 0.4) is 0 Å². The van der Waals surface area contributed by atoms with Gasteiger partial charge in [-0.2, -0.15) is 5.10 Å². The number of pyridine rings is 1. The molecule has 23 heavy (non-hydrogen) atoms. The van der Waals surface area contributed by atoms with Crippen LogP contribution in [0.15, 0.2) is 47.7 Å². The van der Waals surface area contributed by atoms with Gasteiger partial charge in [0.2, 0.25) is 5.95 Å². The molecule has 0 spiro atoms. The van der Waals surface area contributed by atoms with E-state index in [1.807, 2.05) is 26.0 Å². The number of nitrogens with zero attached hydrogens (tertiary/aromatic N) is 5. The second kappa shape index (κ2) is 5.96. The molecular formula is C16H16N6O. The number of hydrogen-bond donors (Lipinski definition) is 1. The number of nitrogen functional groups attached to an aromatic ring is 1. The third-order valence-corrected chi connectivity index (χ3v) is 3.33. The van der Waals surface area contributed by atoms with Gasteiger partial charge in [0.05, 0.1) is 17.4 Å². The summed E-state index contributed by atoms with van der Waals surface area (Å²) in [5.41, 5.74) is 8.32. The Bertz CT molecular complexity index is 889. The second-order valence-electron chi connectivity index (χ2n) is 5.33. The summed E-state index contributed by atoms with van der Waals surface area (Å²) in [6, 6.07) is 6.82. The van der Waals surface area contributed by atoms with E-state index >= 15 is 0 Å². The number of anilines is 1. The van der Waals surface area contributed by atoms with Crippen molar-refractivity contribution >= 4 is 5.95 Å². The molecule has 0 aliphatic rings. The van der Waals surface area contributed by atoms with Gasteiger partial charge in [-0.25, -0.2) is 14.6 Å². The zero-order valence-corrected chi connectivity index (χ0v) is 12.8. The molecule has 116 valence electrons. The largest absolute Gasteiger partial charge is 0.368 e. The zero-order chi connectivity index (χ0) is 16.4. The topological polar surface area (TPSA) is 99.6 Å². The zero-order valence-electron chi connectivity index (χ0n) is 12.8. The smallest absolute Gasteiger partial charge is 0.267 e. The molecule has 0 radical (unpaired) electrons. The average molecular weight is 308 g/mol. The molecule has 0 fully saturated rings. The Morgan fingerprint density at radius 3 is 2.70 bits per heavy atom. The highest BCUT2D eigenvalue weighted by Crippen LogP contribution is 2.28. The molecule has 0 saturated heterocycles. The Morgan fingerprint density at radius 1 is 1.17 bits per heavy atom. The lowest BCUT2D eigenvalue weighted by atomic mass is 10.1. The highest BCUT2D eigenvalue weighted by atomic mass is 16.1. The molecule has 7 heteroatoms. The van der Waals surface area contributed by atoms with Gasteiger partial charge in [0, 0.05) is 35.8 Å². The van der Waals surface area contributed by atoms with Gasteiger partial charge >= 0.3 is 0 Å².